The van der Waals surface area contributed by atoms with E-state index in [9.17, 15) is 4.79 Å². The highest BCUT2D eigenvalue weighted by Gasteiger charge is 2.21. The number of nitrogens with one attached hydrogen (secondary N) is 1. The summed E-state index contributed by atoms with van der Waals surface area (Å²) < 4.78 is 0. The fourth-order valence-corrected chi connectivity index (χ4v) is 2.29. The van der Waals surface area contributed by atoms with Gasteiger partial charge in [-0.15, -0.1) is 0 Å². The van der Waals surface area contributed by atoms with Crippen LogP contribution in [0.4, 0.5) is 5.82 Å². The number of hydrogen-bond acceptors (Lipinski definition) is 5. The Morgan fingerprint density at radius 3 is 2.75 bits per heavy atom. The number of likely N-dealkylation sites (tertiary alicyclic amines) is 1. The number of rotatable bonds is 1. The van der Waals surface area contributed by atoms with Crippen LogP contribution in [-0.4, -0.2) is 33.4 Å². The maximum Gasteiger partial charge on any atom is 0.346 e. The molecule has 1 unspecified atom stereocenters. The second-order valence-corrected chi connectivity index (χ2v) is 4.76. The molecule has 1 fully saturated rings. The average molecular weight is 273 g/mol. The quantitative estimate of drug-likeness (QED) is 0.815. The molecule has 1 saturated heterocycles. The molecule has 3 N–H and O–H groups in total. The SMILES string of the molecule is CN1CCCC1c1cccnc1.Nc1ccnc(=O)[nH]1. The van der Waals surface area contributed by atoms with Crippen LogP contribution in [0.3, 0.4) is 0 Å². The van der Waals surface area contributed by atoms with E-state index >= 15 is 0 Å². The van der Waals surface area contributed by atoms with E-state index in [-0.39, 0.29) is 0 Å². The zero-order valence-corrected chi connectivity index (χ0v) is 11.5. The van der Waals surface area contributed by atoms with Crippen molar-refractivity contribution in [1.82, 2.24) is 19.9 Å². The predicted molar refractivity (Wildman–Crippen MR) is 78.1 cm³/mol. The lowest BCUT2D eigenvalue weighted by Gasteiger charge is -2.18. The molecular formula is C14H19N5O. The van der Waals surface area contributed by atoms with E-state index in [0.29, 0.717) is 11.9 Å². The van der Waals surface area contributed by atoms with Gasteiger partial charge in [-0.3, -0.25) is 14.9 Å². The fourth-order valence-electron chi connectivity index (χ4n) is 2.29. The van der Waals surface area contributed by atoms with Gasteiger partial charge in [0.15, 0.2) is 0 Å². The molecule has 3 rings (SSSR count). The lowest BCUT2D eigenvalue weighted by atomic mass is 10.1. The van der Waals surface area contributed by atoms with Crippen LogP contribution in [0.2, 0.25) is 0 Å². The molecule has 0 radical (unpaired) electrons. The van der Waals surface area contributed by atoms with Crippen molar-refractivity contribution < 1.29 is 0 Å². The van der Waals surface area contributed by atoms with Crippen molar-refractivity contribution in [2.75, 3.05) is 19.3 Å². The van der Waals surface area contributed by atoms with E-state index in [1.165, 1.54) is 37.2 Å². The molecule has 0 amide bonds. The van der Waals surface area contributed by atoms with Crippen LogP contribution < -0.4 is 11.4 Å². The summed E-state index contributed by atoms with van der Waals surface area (Å²) in [6, 6.07) is 6.31. The number of H-pyrrole nitrogens is 1. The van der Waals surface area contributed by atoms with E-state index in [2.05, 4.69) is 33.0 Å². The van der Waals surface area contributed by atoms with Crippen LogP contribution in [0, 0.1) is 0 Å². The minimum absolute atomic E-state index is 0.338. The molecule has 0 saturated carbocycles. The van der Waals surface area contributed by atoms with Crippen molar-refractivity contribution >= 4 is 5.82 Å². The van der Waals surface area contributed by atoms with Gasteiger partial charge in [-0.05, 0) is 44.1 Å². The number of aromatic nitrogens is 3. The van der Waals surface area contributed by atoms with Crippen molar-refractivity contribution in [3.05, 3.63) is 52.8 Å². The number of nitrogens with two attached hydrogens (primary N) is 1. The Hall–Kier alpha value is -2.21. The zero-order valence-electron chi connectivity index (χ0n) is 11.5. The smallest absolute Gasteiger partial charge is 0.346 e. The number of pyridine rings is 1. The lowest BCUT2D eigenvalue weighted by Crippen LogP contribution is -2.17. The summed E-state index contributed by atoms with van der Waals surface area (Å²) in [5.74, 6) is 0.338. The van der Waals surface area contributed by atoms with Crippen LogP contribution in [0.5, 0.6) is 0 Å². The van der Waals surface area contributed by atoms with Crippen molar-refractivity contribution in [2.45, 2.75) is 18.9 Å². The number of aromatic amines is 1. The molecule has 1 aliphatic heterocycles. The highest BCUT2D eigenvalue weighted by molar-refractivity contribution is 5.22. The van der Waals surface area contributed by atoms with Gasteiger partial charge in [-0.2, -0.15) is 0 Å². The van der Waals surface area contributed by atoms with Gasteiger partial charge in [0.25, 0.3) is 0 Å². The Morgan fingerprint density at radius 2 is 2.25 bits per heavy atom. The Balaban J connectivity index is 0.000000160. The zero-order chi connectivity index (χ0) is 14.4. The molecule has 0 spiro atoms. The van der Waals surface area contributed by atoms with Crippen LogP contribution in [-0.2, 0) is 0 Å². The topological polar surface area (TPSA) is 87.9 Å². The van der Waals surface area contributed by atoms with E-state index < -0.39 is 5.69 Å². The van der Waals surface area contributed by atoms with Gasteiger partial charge in [0.05, 0.1) is 0 Å². The molecule has 2 aromatic rings. The molecule has 20 heavy (non-hydrogen) atoms. The van der Waals surface area contributed by atoms with Gasteiger partial charge in [0.2, 0.25) is 0 Å². The third kappa shape index (κ3) is 3.89. The van der Waals surface area contributed by atoms with Crippen molar-refractivity contribution in [1.29, 1.82) is 0 Å². The minimum atomic E-state index is -0.412. The highest BCUT2D eigenvalue weighted by Crippen LogP contribution is 2.29. The summed E-state index contributed by atoms with van der Waals surface area (Å²) in [5.41, 5.74) is 6.11. The molecule has 106 valence electrons. The third-order valence-corrected chi connectivity index (χ3v) is 3.29. The largest absolute Gasteiger partial charge is 0.385 e. The molecule has 0 bridgehead atoms. The Bertz CT molecular complexity index is 583. The van der Waals surface area contributed by atoms with Gasteiger partial charge in [0, 0.05) is 24.6 Å². The predicted octanol–water partition coefficient (Wildman–Crippen LogP) is 1.20. The minimum Gasteiger partial charge on any atom is -0.385 e. The van der Waals surface area contributed by atoms with Crippen molar-refractivity contribution in [3.8, 4) is 0 Å². The van der Waals surface area contributed by atoms with Gasteiger partial charge >= 0.3 is 5.69 Å². The van der Waals surface area contributed by atoms with Gasteiger partial charge < -0.3 is 5.73 Å². The van der Waals surface area contributed by atoms with E-state index in [0.717, 1.165) is 0 Å². The van der Waals surface area contributed by atoms with Crippen LogP contribution in [0.15, 0.2) is 41.6 Å². The van der Waals surface area contributed by atoms with Crippen LogP contribution in [0.25, 0.3) is 0 Å². The lowest BCUT2D eigenvalue weighted by molar-refractivity contribution is 0.317. The number of nitrogen functional groups attached to an aromatic ring is 1. The molecule has 3 heterocycles. The summed E-state index contributed by atoms with van der Waals surface area (Å²) in [6.07, 6.45) is 7.76. The molecule has 1 aliphatic rings. The van der Waals surface area contributed by atoms with E-state index in [1.54, 1.807) is 0 Å². The van der Waals surface area contributed by atoms with Crippen LogP contribution in [0.1, 0.15) is 24.4 Å². The molecule has 2 aromatic heterocycles. The van der Waals surface area contributed by atoms with Crippen molar-refractivity contribution in [3.63, 3.8) is 0 Å². The Labute approximate surface area is 117 Å². The van der Waals surface area contributed by atoms with E-state index in [4.69, 9.17) is 5.73 Å². The van der Waals surface area contributed by atoms with Gasteiger partial charge in [-0.25, -0.2) is 9.78 Å². The second kappa shape index (κ2) is 6.81. The molecular weight excluding hydrogens is 254 g/mol. The van der Waals surface area contributed by atoms with Gasteiger partial charge in [0.1, 0.15) is 5.82 Å². The number of hydrogen-bond donors (Lipinski definition) is 2. The second-order valence-electron chi connectivity index (χ2n) is 4.76. The third-order valence-electron chi connectivity index (χ3n) is 3.29. The standard InChI is InChI=1S/C10H14N2.C4H5N3O/c1-12-7-3-5-10(12)9-4-2-6-11-8-9;5-3-1-2-6-4(8)7-3/h2,4,6,8,10H,3,5,7H2,1H3;1-2H,(H3,5,6,7,8). The van der Waals surface area contributed by atoms with Gasteiger partial charge in [-0.1, -0.05) is 6.07 Å². The Morgan fingerprint density at radius 1 is 1.40 bits per heavy atom. The highest BCUT2D eigenvalue weighted by atomic mass is 16.1. The summed E-state index contributed by atoms with van der Waals surface area (Å²) >= 11 is 0. The number of nitrogens with zero attached hydrogens (tertiary/aromatic N) is 3. The van der Waals surface area contributed by atoms with Crippen molar-refractivity contribution in [2.24, 2.45) is 0 Å². The first-order valence-corrected chi connectivity index (χ1v) is 6.58. The number of anilines is 1. The fraction of sp³-hybridized carbons (Fsp3) is 0.357. The molecule has 1 atom stereocenters. The summed E-state index contributed by atoms with van der Waals surface area (Å²) in [6.45, 7) is 1.22. The molecule has 6 heteroatoms. The first-order valence-electron chi connectivity index (χ1n) is 6.58. The molecule has 0 aromatic carbocycles. The monoisotopic (exact) mass is 273 g/mol. The maximum atomic E-state index is 10.2. The first kappa shape index (κ1) is 14.2. The maximum absolute atomic E-state index is 10.2. The van der Waals surface area contributed by atoms with Crippen LogP contribution >= 0.6 is 0 Å². The summed E-state index contributed by atoms with van der Waals surface area (Å²) in [4.78, 5) is 22.4. The molecule has 6 nitrogen and oxygen atoms in total. The van der Waals surface area contributed by atoms with E-state index in [1.807, 2.05) is 18.5 Å². The first-order chi connectivity index (χ1) is 9.66. The molecule has 0 aliphatic carbocycles. The Kier molecular flexibility index (Phi) is 4.84. The normalized spacial score (nSPS) is 18.4. The summed E-state index contributed by atoms with van der Waals surface area (Å²) in [7, 11) is 2.19. The summed E-state index contributed by atoms with van der Waals surface area (Å²) in [5, 5.41) is 0. The average Bonchev–Trinajstić information content (AvgIpc) is 2.86.